The minimum Gasteiger partial charge on any atom is -0.333 e. The minimum atomic E-state index is -0.258. The molecule has 154 valence electrons. The van der Waals surface area contributed by atoms with Gasteiger partial charge in [0.15, 0.2) is 0 Å². The van der Waals surface area contributed by atoms with E-state index in [2.05, 4.69) is 34.6 Å². The van der Waals surface area contributed by atoms with Gasteiger partial charge in [-0.05, 0) is 43.7 Å². The van der Waals surface area contributed by atoms with E-state index in [-0.39, 0.29) is 22.9 Å². The summed E-state index contributed by atoms with van der Waals surface area (Å²) in [5.41, 5.74) is 0.557. The summed E-state index contributed by atoms with van der Waals surface area (Å²) in [6, 6.07) is 7.16. The monoisotopic (exact) mass is 385 g/mol. The number of fused-ring (bicyclic) bond motifs is 1. The van der Waals surface area contributed by atoms with E-state index in [0.717, 1.165) is 6.42 Å². The van der Waals surface area contributed by atoms with Gasteiger partial charge < -0.3 is 4.90 Å². The molecule has 1 unspecified atom stereocenters. The predicted molar refractivity (Wildman–Crippen MR) is 115 cm³/mol. The quantitative estimate of drug-likeness (QED) is 0.689. The predicted octanol–water partition coefficient (Wildman–Crippen LogP) is 4.79. The van der Waals surface area contributed by atoms with Crippen LogP contribution in [0.15, 0.2) is 29.1 Å². The van der Waals surface area contributed by atoms with E-state index in [9.17, 15) is 9.59 Å². The Morgan fingerprint density at radius 2 is 1.82 bits per heavy atom. The van der Waals surface area contributed by atoms with Gasteiger partial charge in [-0.2, -0.15) is 0 Å². The van der Waals surface area contributed by atoms with Gasteiger partial charge in [0, 0.05) is 19.5 Å². The SMILES string of the molecule is CCn1c(C(C)N(CCC(C)C)C(=O)CC(C)(C)C)nc2ccccc2c1=O. The first kappa shape index (κ1) is 22.1. The molecule has 1 aromatic carbocycles. The molecule has 1 heterocycles. The van der Waals surface area contributed by atoms with Gasteiger partial charge in [-0.15, -0.1) is 0 Å². The zero-order chi connectivity index (χ0) is 21.1. The van der Waals surface area contributed by atoms with Gasteiger partial charge in [0.2, 0.25) is 5.91 Å². The number of para-hydroxylation sites is 1. The van der Waals surface area contributed by atoms with Gasteiger partial charge in [0.1, 0.15) is 5.82 Å². The van der Waals surface area contributed by atoms with Crippen molar-refractivity contribution < 1.29 is 4.79 Å². The molecule has 0 aliphatic rings. The Labute approximate surface area is 168 Å². The fourth-order valence-electron chi connectivity index (χ4n) is 3.44. The molecule has 28 heavy (non-hydrogen) atoms. The standard InChI is InChI=1S/C23H35N3O2/c1-8-25-21(24-19-12-10-9-11-18(19)22(25)28)17(4)26(14-13-16(2)3)20(27)15-23(5,6)7/h9-12,16-17H,8,13-15H2,1-7H3. The number of amides is 1. The molecule has 0 bridgehead atoms. The van der Waals surface area contributed by atoms with Crippen molar-refractivity contribution in [3.05, 3.63) is 40.4 Å². The number of aromatic nitrogens is 2. The summed E-state index contributed by atoms with van der Waals surface area (Å²) in [7, 11) is 0. The molecule has 0 fully saturated rings. The number of hydrogen-bond donors (Lipinski definition) is 0. The molecule has 1 amide bonds. The Morgan fingerprint density at radius 3 is 2.39 bits per heavy atom. The Hall–Kier alpha value is -2.17. The third-order valence-corrected chi connectivity index (χ3v) is 5.00. The summed E-state index contributed by atoms with van der Waals surface area (Å²) < 4.78 is 1.71. The lowest BCUT2D eigenvalue weighted by atomic mass is 9.91. The number of hydrogen-bond acceptors (Lipinski definition) is 3. The van der Waals surface area contributed by atoms with Gasteiger partial charge in [-0.1, -0.05) is 46.8 Å². The Bertz CT molecular complexity index is 878. The zero-order valence-corrected chi connectivity index (χ0v) is 18.5. The zero-order valence-electron chi connectivity index (χ0n) is 18.5. The normalized spacial score (nSPS) is 13.1. The van der Waals surface area contributed by atoms with Crippen LogP contribution >= 0.6 is 0 Å². The topological polar surface area (TPSA) is 55.2 Å². The van der Waals surface area contributed by atoms with E-state index in [1.807, 2.05) is 43.0 Å². The number of carbonyl (C=O) groups is 1. The fraction of sp³-hybridized carbons (Fsp3) is 0.609. The van der Waals surface area contributed by atoms with E-state index in [4.69, 9.17) is 4.98 Å². The van der Waals surface area contributed by atoms with Gasteiger partial charge in [0.05, 0.1) is 16.9 Å². The van der Waals surface area contributed by atoms with Crippen molar-refractivity contribution in [3.8, 4) is 0 Å². The average molecular weight is 386 g/mol. The highest BCUT2D eigenvalue weighted by atomic mass is 16.2. The van der Waals surface area contributed by atoms with E-state index in [1.165, 1.54) is 0 Å². The number of nitrogens with zero attached hydrogens (tertiary/aromatic N) is 3. The highest BCUT2D eigenvalue weighted by Gasteiger charge is 2.28. The molecule has 0 aliphatic carbocycles. The third kappa shape index (κ3) is 5.21. The Balaban J connectivity index is 2.51. The lowest BCUT2D eigenvalue weighted by molar-refractivity contribution is -0.135. The maximum Gasteiger partial charge on any atom is 0.261 e. The molecule has 5 heteroatoms. The Morgan fingerprint density at radius 1 is 1.18 bits per heavy atom. The molecule has 0 N–H and O–H groups in total. The second kappa shape index (κ2) is 8.89. The summed E-state index contributed by atoms with van der Waals surface area (Å²) in [6.45, 7) is 15.7. The van der Waals surface area contributed by atoms with Gasteiger partial charge in [-0.3, -0.25) is 14.2 Å². The summed E-state index contributed by atoms with van der Waals surface area (Å²) in [5, 5.41) is 0.620. The molecular formula is C23H35N3O2. The van der Waals surface area contributed by atoms with Crippen molar-refractivity contribution in [1.82, 2.24) is 14.5 Å². The van der Waals surface area contributed by atoms with Crippen molar-refractivity contribution in [1.29, 1.82) is 0 Å². The summed E-state index contributed by atoms with van der Waals surface area (Å²) in [5.74, 6) is 1.28. The van der Waals surface area contributed by atoms with Gasteiger partial charge in [-0.25, -0.2) is 4.98 Å². The van der Waals surface area contributed by atoms with Crippen LogP contribution in [0.5, 0.6) is 0 Å². The second-order valence-corrected chi connectivity index (χ2v) is 9.22. The first-order valence-corrected chi connectivity index (χ1v) is 10.3. The van der Waals surface area contributed by atoms with E-state index in [0.29, 0.717) is 42.2 Å². The lowest BCUT2D eigenvalue weighted by Crippen LogP contribution is -2.40. The van der Waals surface area contributed by atoms with Gasteiger partial charge in [0.25, 0.3) is 5.56 Å². The van der Waals surface area contributed by atoms with Crippen LogP contribution in [0.2, 0.25) is 0 Å². The number of benzene rings is 1. The molecule has 2 rings (SSSR count). The molecular weight excluding hydrogens is 350 g/mol. The van der Waals surface area contributed by atoms with E-state index >= 15 is 0 Å². The summed E-state index contributed by atoms with van der Waals surface area (Å²) in [6.07, 6.45) is 1.39. The maximum atomic E-state index is 13.1. The molecule has 1 atom stereocenters. The molecule has 1 aromatic heterocycles. The van der Waals surface area contributed by atoms with Crippen molar-refractivity contribution >= 4 is 16.8 Å². The third-order valence-electron chi connectivity index (χ3n) is 5.00. The largest absolute Gasteiger partial charge is 0.333 e. The van der Waals surface area contributed by atoms with Crippen molar-refractivity contribution in [2.45, 2.75) is 73.9 Å². The van der Waals surface area contributed by atoms with Crippen LogP contribution in [0.3, 0.4) is 0 Å². The maximum absolute atomic E-state index is 13.1. The van der Waals surface area contributed by atoms with Crippen LogP contribution in [0.1, 0.15) is 73.2 Å². The van der Waals surface area contributed by atoms with Crippen LogP contribution in [0.25, 0.3) is 10.9 Å². The van der Waals surface area contributed by atoms with Crippen LogP contribution in [-0.4, -0.2) is 26.9 Å². The van der Waals surface area contributed by atoms with Crippen molar-refractivity contribution in [3.63, 3.8) is 0 Å². The molecule has 0 radical (unpaired) electrons. The average Bonchev–Trinajstić information content (AvgIpc) is 2.59. The molecule has 0 spiro atoms. The molecule has 2 aromatic rings. The highest BCUT2D eigenvalue weighted by Crippen LogP contribution is 2.26. The lowest BCUT2D eigenvalue weighted by Gasteiger charge is -2.33. The van der Waals surface area contributed by atoms with Crippen LogP contribution in [0.4, 0.5) is 0 Å². The first-order chi connectivity index (χ1) is 13.0. The van der Waals surface area contributed by atoms with Crippen LogP contribution < -0.4 is 5.56 Å². The Kier molecular flexibility index (Phi) is 7.02. The molecule has 0 aliphatic heterocycles. The summed E-state index contributed by atoms with van der Waals surface area (Å²) in [4.78, 5) is 32.9. The number of carbonyl (C=O) groups excluding carboxylic acids is 1. The fourth-order valence-corrected chi connectivity index (χ4v) is 3.44. The molecule has 0 saturated heterocycles. The van der Waals surface area contributed by atoms with Crippen LogP contribution in [0, 0.1) is 11.3 Å². The first-order valence-electron chi connectivity index (χ1n) is 10.3. The molecule has 0 saturated carbocycles. The summed E-state index contributed by atoms with van der Waals surface area (Å²) >= 11 is 0. The smallest absolute Gasteiger partial charge is 0.261 e. The van der Waals surface area contributed by atoms with E-state index in [1.54, 1.807) is 4.57 Å². The minimum absolute atomic E-state index is 0.0398. The number of rotatable bonds is 7. The van der Waals surface area contributed by atoms with Crippen molar-refractivity contribution in [2.75, 3.05) is 6.54 Å². The second-order valence-electron chi connectivity index (χ2n) is 9.22. The van der Waals surface area contributed by atoms with Crippen LogP contribution in [-0.2, 0) is 11.3 Å². The molecule has 5 nitrogen and oxygen atoms in total. The highest BCUT2D eigenvalue weighted by molar-refractivity contribution is 5.78. The van der Waals surface area contributed by atoms with E-state index < -0.39 is 0 Å². The van der Waals surface area contributed by atoms with Crippen molar-refractivity contribution in [2.24, 2.45) is 11.3 Å². The van der Waals surface area contributed by atoms with Gasteiger partial charge >= 0.3 is 0 Å².